The normalized spacial score (nSPS) is 24.4. The van der Waals surface area contributed by atoms with Gasteiger partial charge in [-0.2, -0.15) is 0 Å². The molecular formula is C21H32Cl2N4O2. The monoisotopic (exact) mass is 442 g/mol. The highest BCUT2D eigenvalue weighted by Gasteiger charge is 2.36. The molecule has 29 heavy (non-hydrogen) atoms. The molecule has 2 aromatic rings. The molecule has 8 heteroatoms. The number of rotatable bonds is 4. The molecule has 0 aliphatic carbocycles. The predicted molar refractivity (Wildman–Crippen MR) is 120 cm³/mol. The number of para-hydroxylation sites is 2. The van der Waals surface area contributed by atoms with Gasteiger partial charge in [-0.25, -0.2) is 4.98 Å². The number of halogens is 2. The Bertz CT molecular complexity index is 826. The quantitative estimate of drug-likeness (QED) is 0.783. The van der Waals surface area contributed by atoms with E-state index in [1.807, 2.05) is 11.0 Å². The number of imidazole rings is 1. The van der Waals surface area contributed by atoms with E-state index in [2.05, 4.69) is 36.6 Å². The van der Waals surface area contributed by atoms with E-state index in [0.29, 0.717) is 12.6 Å². The Kier molecular flexibility index (Phi) is 8.35. The van der Waals surface area contributed by atoms with Crippen LogP contribution < -0.4 is 5.73 Å². The van der Waals surface area contributed by atoms with Crippen molar-refractivity contribution in [2.75, 3.05) is 19.6 Å². The van der Waals surface area contributed by atoms with E-state index < -0.39 is 0 Å². The first-order valence-corrected chi connectivity index (χ1v) is 10.2. The standard InChI is InChI=1S/C21H30N4O2.2ClH/c1-14(2)25-18-8-4-3-7-17(18)23-20(25)15-6-5-11-24(13-15)21(26)19-10-9-16(12-22)27-19;;/h3-4,7-8,14-16,19H,5-6,9-13,22H2,1-2H3;2*1H/t15?,16-,19+;;/m1../s1. The molecule has 2 saturated heterocycles. The largest absolute Gasteiger partial charge is 0.364 e. The Hall–Kier alpha value is -1.34. The second-order valence-electron chi connectivity index (χ2n) is 8.11. The lowest BCUT2D eigenvalue weighted by Gasteiger charge is -2.34. The molecule has 2 N–H and O–H groups in total. The summed E-state index contributed by atoms with van der Waals surface area (Å²) in [4.78, 5) is 19.9. The van der Waals surface area contributed by atoms with E-state index >= 15 is 0 Å². The highest BCUT2D eigenvalue weighted by molar-refractivity contribution is 5.85. The molecule has 6 nitrogen and oxygen atoms in total. The maximum Gasteiger partial charge on any atom is 0.251 e. The van der Waals surface area contributed by atoms with Gasteiger partial charge in [0, 0.05) is 31.6 Å². The zero-order chi connectivity index (χ0) is 19.0. The van der Waals surface area contributed by atoms with Gasteiger partial charge in [0.25, 0.3) is 5.91 Å². The molecule has 0 radical (unpaired) electrons. The minimum atomic E-state index is -0.318. The molecule has 0 bridgehead atoms. The molecule has 2 aliphatic heterocycles. The van der Waals surface area contributed by atoms with Crippen molar-refractivity contribution in [3.8, 4) is 0 Å². The summed E-state index contributed by atoms with van der Waals surface area (Å²) in [6.45, 7) is 6.42. The fourth-order valence-electron chi connectivity index (χ4n) is 4.55. The summed E-state index contributed by atoms with van der Waals surface area (Å²) in [5, 5.41) is 0. The first-order chi connectivity index (χ1) is 13.1. The molecule has 1 unspecified atom stereocenters. The number of ether oxygens (including phenoxy) is 1. The number of hydrogen-bond acceptors (Lipinski definition) is 4. The Balaban J connectivity index is 0.00000150. The molecule has 0 saturated carbocycles. The number of carbonyl (C=O) groups excluding carboxylic acids is 1. The van der Waals surface area contributed by atoms with Crippen molar-refractivity contribution in [2.45, 2.75) is 63.7 Å². The van der Waals surface area contributed by atoms with Crippen molar-refractivity contribution in [2.24, 2.45) is 5.73 Å². The lowest BCUT2D eigenvalue weighted by Crippen LogP contribution is -2.45. The van der Waals surface area contributed by atoms with E-state index in [1.165, 1.54) is 5.52 Å². The number of carbonyl (C=O) groups is 1. The second kappa shape index (κ2) is 10.1. The van der Waals surface area contributed by atoms with Crippen molar-refractivity contribution in [3.63, 3.8) is 0 Å². The third-order valence-corrected chi connectivity index (χ3v) is 5.88. The Morgan fingerprint density at radius 3 is 2.69 bits per heavy atom. The smallest absolute Gasteiger partial charge is 0.251 e. The fourth-order valence-corrected chi connectivity index (χ4v) is 4.55. The van der Waals surface area contributed by atoms with Crippen LogP contribution in [0.2, 0.25) is 0 Å². The van der Waals surface area contributed by atoms with Gasteiger partial charge >= 0.3 is 0 Å². The van der Waals surface area contributed by atoms with E-state index in [-0.39, 0.29) is 48.8 Å². The number of nitrogens with zero attached hydrogens (tertiary/aromatic N) is 3. The number of amides is 1. The van der Waals surface area contributed by atoms with Crippen molar-refractivity contribution < 1.29 is 9.53 Å². The third-order valence-electron chi connectivity index (χ3n) is 5.88. The summed E-state index contributed by atoms with van der Waals surface area (Å²) in [5.74, 6) is 1.50. The molecule has 1 amide bonds. The van der Waals surface area contributed by atoms with Gasteiger partial charge in [0.15, 0.2) is 0 Å². The van der Waals surface area contributed by atoms with Crippen LogP contribution in [0.4, 0.5) is 0 Å². The van der Waals surface area contributed by atoms with Crippen LogP contribution in [0.5, 0.6) is 0 Å². The number of aromatic nitrogens is 2. The van der Waals surface area contributed by atoms with Gasteiger partial charge in [-0.1, -0.05) is 12.1 Å². The van der Waals surface area contributed by atoms with Crippen LogP contribution >= 0.6 is 24.8 Å². The van der Waals surface area contributed by atoms with Crippen LogP contribution in [0, 0.1) is 0 Å². The average Bonchev–Trinajstić information content (AvgIpc) is 3.32. The molecule has 3 atom stereocenters. The highest BCUT2D eigenvalue weighted by Crippen LogP contribution is 2.32. The topological polar surface area (TPSA) is 73.4 Å². The van der Waals surface area contributed by atoms with Crippen LogP contribution in [0.3, 0.4) is 0 Å². The molecule has 4 rings (SSSR count). The summed E-state index contributed by atoms with van der Waals surface area (Å²) in [6, 6.07) is 8.64. The number of likely N-dealkylation sites (tertiary alicyclic amines) is 1. The van der Waals surface area contributed by atoms with Gasteiger partial charge in [-0.3, -0.25) is 4.79 Å². The van der Waals surface area contributed by atoms with Crippen molar-refractivity contribution in [1.29, 1.82) is 0 Å². The Morgan fingerprint density at radius 2 is 2.00 bits per heavy atom. The van der Waals surface area contributed by atoms with Crippen LogP contribution in [-0.2, 0) is 9.53 Å². The molecule has 162 valence electrons. The van der Waals surface area contributed by atoms with Crippen LogP contribution in [-0.4, -0.2) is 52.2 Å². The Morgan fingerprint density at radius 1 is 1.24 bits per heavy atom. The summed E-state index contributed by atoms with van der Waals surface area (Å²) < 4.78 is 8.18. The zero-order valence-electron chi connectivity index (χ0n) is 17.1. The summed E-state index contributed by atoms with van der Waals surface area (Å²) in [7, 11) is 0. The van der Waals surface area contributed by atoms with Crippen LogP contribution in [0.1, 0.15) is 57.3 Å². The molecule has 0 spiro atoms. The maximum atomic E-state index is 13.0. The number of nitrogens with two attached hydrogens (primary N) is 1. The van der Waals surface area contributed by atoms with Gasteiger partial charge in [-0.05, 0) is 51.7 Å². The summed E-state index contributed by atoms with van der Waals surface area (Å²) in [5.41, 5.74) is 7.91. The van der Waals surface area contributed by atoms with Gasteiger partial charge < -0.3 is 19.9 Å². The molecular weight excluding hydrogens is 411 g/mol. The van der Waals surface area contributed by atoms with Crippen molar-refractivity contribution in [1.82, 2.24) is 14.5 Å². The Labute approximate surface area is 185 Å². The fraction of sp³-hybridized carbons (Fsp3) is 0.619. The lowest BCUT2D eigenvalue weighted by molar-refractivity contribution is -0.144. The number of benzene rings is 1. The van der Waals surface area contributed by atoms with E-state index in [4.69, 9.17) is 15.5 Å². The highest BCUT2D eigenvalue weighted by atomic mass is 35.5. The first kappa shape index (κ1) is 23.9. The second-order valence-corrected chi connectivity index (χ2v) is 8.11. The number of piperidine rings is 1. The number of fused-ring (bicyclic) bond motifs is 1. The summed E-state index contributed by atoms with van der Waals surface area (Å²) >= 11 is 0. The van der Waals surface area contributed by atoms with E-state index in [9.17, 15) is 4.79 Å². The summed E-state index contributed by atoms with van der Waals surface area (Å²) in [6.07, 6.45) is 3.45. The van der Waals surface area contributed by atoms with Gasteiger partial charge in [0.1, 0.15) is 11.9 Å². The minimum Gasteiger partial charge on any atom is -0.364 e. The van der Waals surface area contributed by atoms with E-state index in [0.717, 1.165) is 50.1 Å². The van der Waals surface area contributed by atoms with Crippen LogP contribution in [0.15, 0.2) is 24.3 Å². The maximum absolute atomic E-state index is 13.0. The average molecular weight is 443 g/mol. The molecule has 2 fully saturated rings. The van der Waals surface area contributed by atoms with Crippen molar-refractivity contribution in [3.05, 3.63) is 30.1 Å². The SMILES string of the molecule is CC(C)n1c(C2CCCN(C(=O)[C@@H]3CC[C@H](CN)O3)C2)nc2ccccc21.Cl.Cl. The van der Waals surface area contributed by atoms with Crippen molar-refractivity contribution >= 4 is 41.8 Å². The first-order valence-electron chi connectivity index (χ1n) is 10.2. The molecule has 2 aliphatic rings. The molecule has 1 aromatic heterocycles. The van der Waals surface area contributed by atoms with Gasteiger partial charge in [0.2, 0.25) is 0 Å². The lowest BCUT2D eigenvalue weighted by atomic mass is 9.96. The van der Waals surface area contributed by atoms with Gasteiger partial charge in [0.05, 0.1) is 17.1 Å². The van der Waals surface area contributed by atoms with E-state index in [1.54, 1.807) is 0 Å². The minimum absolute atomic E-state index is 0. The zero-order valence-corrected chi connectivity index (χ0v) is 18.8. The van der Waals surface area contributed by atoms with Crippen LogP contribution in [0.25, 0.3) is 11.0 Å². The third kappa shape index (κ3) is 4.71. The molecule has 3 heterocycles. The number of hydrogen-bond donors (Lipinski definition) is 1. The molecule has 1 aromatic carbocycles. The predicted octanol–water partition coefficient (Wildman–Crippen LogP) is 3.67. The van der Waals surface area contributed by atoms with Gasteiger partial charge in [-0.15, -0.1) is 24.8 Å².